The fraction of sp³-hybridized carbons (Fsp3) is 0.0667. The maximum atomic E-state index is 12.1. The Morgan fingerprint density at radius 1 is 1.21 bits per heavy atom. The molecule has 1 N–H and O–H groups in total. The van der Waals surface area contributed by atoms with Crippen LogP contribution in [0.2, 0.25) is 0 Å². The Labute approximate surface area is 114 Å². The molecule has 0 atom stereocenters. The topological polar surface area (TPSA) is 42.0 Å². The molecule has 1 amide bonds. The van der Waals surface area contributed by atoms with Crippen LogP contribution in [0.3, 0.4) is 0 Å². The number of amides is 1. The summed E-state index contributed by atoms with van der Waals surface area (Å²) >= 11 is 1.43. The smallest absolute Gasteiger partial charge is 0.265 e. The Kier molecular flexibility index (Phi) is 3.01. The van der Waals surface area contributed by atoms with Crippen LogP contribution in [-0.4, -0.2) is 10.9 Å². The molecule has 3 aromatic rings. The molecule has 0 radical (unpaired) electrons. The van der Waals surface area contributed by atoms with Crippen LogP contribution in [-0.2, 0) is 0 Å². The van der Waals surface area contributed by atoms with Crippen molar-refractivity contribution in [2.75, 3.05) is 5.32 Å². The number of rotatable bonds is 2. The summed E-state index contributed by atoms with van der Waals surface area (Å²) in [5, 5.41) is 5.88. The van der Waals surface area contributed by atoms with Crippen molar-refractivity contribution in [3.8, 4) is 0 Å². The molecule has 0 aliphatic carbocycles. The number of aryl methyl sites for hydroxylation is 1. The number of nitrogens with zero attached hydrogens (tertiary/aromatic N) is 1. The minimum absolute atomic E-state index is 0.0868. The molecule has 0 fully saturated rings. The van der Waals surface area contributed by atoms with Gasteiger partial charge in [0.15, 0.2) is 0 Å². The maximum absolute atomic E-state index is 12.1. The first-order valence-corrected chi connectivity index (χ1v) is 6.83. The van der Waals surface area contributed by atoms with E-state index >= 15 is 0 Å². The van der Waals surface area contributed by atoms with E-state index in [1.54, 1.807) is 6.20 Å². The van der Waals surface area contributed by atoms with Crippen LogP contribution < -0.4 is 5.32 Å². The van der Waals surface area contributed by atoms with Crippen molar-refractivity contribution >= 4 is 33.8 Å². The second-order valence-electron chi connectivity index (χ2n) is 4.26. The van der Waals surface area contributed by atoms with E-state index in [-0.39, 0.29) is 5.91 Å². The fourth-order valence-electron chi connectivity index (χ4n) is 1.99. The Balaban J connectivity index is 2.05. The number of hydrogen-bond donors (Lipinski definition) is 1. The molecule has 3 nitrogen and oxygen atoms in total. The van der Waals surface area contributed by atoms with E-state index in [4.69, 9.17) is 0 Å². The number of fused-ring (bicyclic) bond motifs is 1. The zero-order valence-electron chi connectivity index (χ0n) is 10.4. The van der Waals surface area contributed by atoms with Gasteiger partial charge in [-0.05, 0) is 30.0 Å². The summed E-state index contributed by atoms with van der Waals surface area (Å²) in [5.74, 6) is -0.0868. The van der Waals surface area contributed by atoms with Gasteiger partial charge in [0.2, 0.25) is 0 Å². The lowest BCUT2D eigenvalue weighted by atomic mass is 10.1. The fourth-order valence-corrected chi connectivity index (χ4v) is 2.61. The van der Waals surface area contributed by atoms with Crippen LogP contribution in [0.5, 0.6) is 0 Å². The van der Waals surface area contributed by atoms with Crippen LogP contribution in [0, 0.1) is 6.92 Å². The molecule has 2 heterocycles. The molecule has 0 spiro atoms. The molecule has 4 heteroatoms. The zero-order valence-corrected chi connectivity index (χ0v) is 11.2. The largest absolute Gasteiger partial charge is 0.319 e. The molecule has 1 aromatic carbocycles. The first kappa shape index (κ1) is 11.9. The second-order valence-corrected chi connectivity index (χ2v) is 5.21. The Morgan fingerprint density at radius 3 is 2.89 bits per heavy atom. The monoisotopic (exact) mass is 268 g/mol. The Hall–Kier alpha value is -2.20. The quantitative estimate of drug-likeness (QED) is 0.767. The Morgan fingerprint density at radius 2 is 2.11 bits per heavy atom. The van der Waals surface area contributed by atoms with Gasteiger partial charge in [-0.25, -0.2) is 0 Å². The highest BCUT2D eigenvalue weighted by atomic mass is 32.1. The maximum Gasteiger partial charge on any atom is 0.265 e. The number of carbonyl (C=O) groups excluding carboxylic acids is 1. The molecule has 0 bridgehead atoms. The highest BCUT2D eigenvalue weighted by molar-refractivity contribution is 7.12. The van der Waals surface area contributed by atoms with Crippen LogP contribution in [0.15, 0.2) is 48.0 Å². The van der Waals surface area contributed by atoms with Crippen molar-refractivity contribution in [3.05, 3.63) is 58.4 Å². The average molecular weight is 268 g/mol. The van der Waals surface area contributed by atoms with E-state index in [1.165, 1.54) is 11.3 Å². The van der Waals surface area contributed by atoms with E-state index in [2.05, 4.69) is 10.3 Å². The second kappa shape index (κ2) is 4.82. The third-order valence-corrected chi connectivity index (χ3v) is 3.84. The van der Waals surface area contributed by atoms with E-state index in [0.29, 0.717) is 4.88 Å². The third-order valence-electron chi connectivity index (χ3n) is 2.97. The van der Waals surface area contributed by atoms with Crippen LogP contribution in [0.4, 0.5) is 5.69 Å². The third kappa shape index (κ3) is 2.22. The van der Waals surface area contributed by atoms with Crippen molar-refractivity contribution in [2.24, 2.45) is 0 Å². The molecule has 0 saturated heterocycles. The number of benzene rings is 1. The lowest BCUT2D eigenvalue weighted by Gasteiger charge is -2.10. The minimum Gasteiger partial charge on any atom is -0.319 e. The summed E-state index contributed by atoms with van der Waals surface area (Å²) in [6.07, 6.45) is 1.74. The lowest BCUT2D eigenvalue weighted by Crippen LogP contribution is -2.11. The molecule has 3 rings (SSSR count). The molecule has 94 valence electrons. The summed E-state index contributed by atoms with van der Waals surface area (Å²) < 4.78 is 0. The lowest BCUT2D eigenvalue weighted by molar-refractivity contribution is 0.103. The highest BCUT2D eigenvalue weighted by Crippen LogP contribution is 2.26. The number of pyridine rings is 1. The predicted molar refractivity (Wildman–Crippen MR) is 78.8 cm³/mol. The van der Waals surface area contributed by atoms with E-state index in [0.717, 1.165) is 22.2 Å². The van der Waals surface area contributed by atoms with Crippen molar-refractivity contribution < 1.29 is 4.79 Å². The van der Waals surface area contributed by atoms with E-state index in [1.807, 2.05) is 48.7 Å². The van der Waals surface area contributed by atoms with Crippen LogP contribution >= 0.6 is 11.3 Å². The highest BCUT2D eigenvalue weighted by Gasteiger charge is 2.11. The molecule has 19 heavy (non-hydrogen) atoms. The van der Waals surface area contributed by atoms with Crippen LogP contribution in [0.25, 0.3) is 10.9 Å². The van der Waals surface area contributed by atoms with Gasteiger partial charge in [0.05, 0.1) is 16.1 Å². The predicted octanol–water partition coefficient (Wildman–Crippen LogP) is 3.86. The molecule has 0 saturated carbocycles. The molecule has 0 aliphatic rings. The van der Waals surface area contributed by atoms with Crippen molar-refractivity contribution in [3.63, 3.8) is 0 Å². The number of carbonyl (C=O) groups is 1. The van der Waals surface area contributed by atoms with Gasteiger partial charge in [-0.1, -0.05) is 24.3 Å². The van der Waals surface area contributed by atoms with Gasteiger partial charge < -0.3 is 5.32 Å². The van der Waals surface area contributed by atoms with Gasteiger partial charge in [0.25, 0.3) is 5.91 Å². The molecule has 0 aliphatic heterocycles. The summed E-state index contributed by atoms with van der Waals surface area (Å²) in [7, 11) is 0. The molecular weight excluding hydrogens is 256 g/mol. The molecule has 0 unspecified atom stereocenters. The minimum atomic E-state index is -0.0868. The first-order valence-electron chi connectivity index (χ1n) is 5.95. The summed E-state index contributed by atoms with van der Waals surface area (Å²) in [5.41, 5.74) is 2.63. The van der Waals surface area contributed by atoms with Gasteiger partial charge in [0, 0.05) is 11.6 Å². The summed E-state index contributed by atoms with van der Waals surface area (Å²) in [6.45, 7) is 1.97. The normalized spacial score (nSPS) is 10.6. The van der Waals surface area contributed by atoms with E-state index < -0.39 is 0 Å². The van der Waals surface area contributed by atoms with Crippen LogP contribution in [0.1, 0.15) is 15.2 Å². The number of anilines is 1. The van der Waals surface area contributed by atoms with Crippen molar-refractivity contribution in [1.82, 2.24) is 4.98 Å². The Bertz CT molecular complexity index is 735. The number of thiophene rings is 1. The average Bonchev–Trinajstić information content (AvgIpc) is 2.96. The van der Waals surface area contributed by atoms with E-state index in [9.17, 15) is 4.79 Å². The van der Waals surface area contributed by atoms with Gasteiger partial charge in [0.1, 0.15) is 0 Å². The number of nitrogens with one attached hydrogen (secondary N) is 1. The SMILES string of the molecule is Cc1ccc2cccnc2c1NC(=O)c1cccs1. The standard InChI is InChI=1S/C15H12N2OS/c1-10-6-7-11-4-2-8-16-14(11)13(10)17-15(18)12-5-3-9-19-12/h2-9H,1H3,(H,17,18). The van der Waals surface area contributed by atoms with Crippen molar-refractivity contribution in [1.29, 1.82) is 0 Å². The van der Waals surface area contributed by atoms with Gasteiger partial charge in [-0.3, -0.25) is 9.78 Å². The van der Waals surface area contributed by atoms with Gasteiger partial charge >= 0.3 is 0 Å². The van der Waals surface area contributed by atoms with Crippen molar-refractivity contribution in [2.45, 2.75) is 6.92 Å². The molecule has 2 aromatic heterocycles. The molecular formula is C15H12N2OS. The number of aromatic nitrogens is 1. The first-order chi connectivity index (χ1) is 9.25. The summed E-state index contributed by atoms with van der Waals surface area (Å²) in [6, 6.07) is 11.6. The zero-order chi connectivity index (χ0) is 13.2. The summed E-state index contributed by atoms with van der Waals surface area (Å²) in [4.78, 5) is 17.2. The number of hydrogen-bond acceptors (Lipinski definition) is 3. The van der Waals surface area contributed by atoms with Gasteiger partial charge in [-0.2, -0.15) is 0 Å². The van der Waals surface area contributed by atoms with Gasteiger partial charge in [-0.15, -0.1) is 11.3 Å².